The number of aromatic nitrogens is 1. The largest absolute Gasteiger partial charge is 0.493 e. The molecule has 0 saturated carbocycles. The summed E-state index contributed by atoms with van der Waals surface area (Å²) in [5.41, 5.74) is 0.0125. The highest BCUT2D eigenvalue weighted by atomic mass is 32.2. The molecule has 1 saturated heterocycles. The van der Waals surface area contributed by atoms with Crippen LogP contribution in [0.3, 0.4) is 0 Å². The maximum atomic E-state index is 13.4. The van der Waals surface area contributed by atoms with E-state index < -0.39 is 20.8 Å². The number of hydrogen-bond acceptors (Lipinski definition) is 7. The van der Waals surface area contributed by atoms with Crippen molar-refractivity contribution in [3.63, 3.8) is 0 Å². The second-order valence-corrected chi connectivity index (χ2v) is 9.30. The predicted octanol–water partition coefficient (Wildman–Crippen LogP) is 2.56. The fraction of sp³-hybridized carbons (Fsp3) is 0.455. The number of benzene rings is 1. The third-order valence-electron chi connectivity index (χ3n) is 6.08. The molecule has 1 aromatic heterocycles. The van der Waals surface area contributed by atoms with Gasteiger partial charge in [-0.25, -0.2) is 0 Å². The second-order valence-electron chi connectivity index (χ2n) is 7.70. The molecule has 2 atom stereocenters. The third-order valence-corrected chi connectivity index (χ3v) is 7.59. The summed E-state index contributed by atoms with van der Waals surface area (Å²) < 4.78 is 50.6. The molecular weight excluding hydrogens is 436 g/mol. The van der Waals surface area contributed by atoms with Crippen molar-refractivity contribution in [2.45, 2.75) is 30.4 Å². The molecule has 1 N–H and O–H groups in total. The highest BCUT2D eigenvalue weighted by molar-refractivity contribution is 7.86. The third kappa shape index (κ3) is 4.24. The van der Waals surface area contributed by atoms with Crippen LogP contribution in [0.15, 0.2) is 36.7 Å². The fourth-order valence-corrected chi connectivity index (χ4v) is 5.94. The van der Waals surface area contributed by atoms with Gasteiger partial charge in [0.05, 0.1) is 26.6 Å². The van der Waals surface area contributed by atoms with Crippen molar-refractivity contribution < 1.29 is 32.0 Å². The Morgan fingerprint density at radius 2 is 1.88 bits per heavy atom. The number of likely N-dealkylation sites (tertiary alicyclic amines) is 1. The Bertz CT molecular complexity index is 1050. The van der Waals surface area contributed by atoms with Gasteiger partial charge in [-0.3, -0.25) is 14.3 Å². The number of nitrogens with zero attached hydrogens (tertiary/aromatic N) is 2. The van der Waals surface area contributed by atoms with E-state index in [1.54, 1.807) is 48.5 Å². The molecule has 0 aliphatic carbocycles. The van der Waals surface area contributed by atoms with E-state index in [2.05, 4.69) is 4.98 Å². The first-order chi connectivity index (χ1) is 15.2. The topological polar surface area (TPSA) is 115 Å². The predicted molar refractivity (Wildman–Crippen MR) is 118 cm³/mol. The first-order valence-corrected chi connectivity index (χ1v) is 11.7. The van der Waals surface area contributed by atoms with Crippen molar-refractivity contribution in [1.29, 1.82) is 0 Å². The molecule has 1 aromatic carbocycles. The fourth-order valence-electron chi connectivity index (χ4n) is 4.62. The molecule has 0 radical (unpaired) electrons. The second kappa shape index (κ2) is 9.33. The SMILES string of the molecule is CCC(C1(c2cccnc2)CCN(C(=O)c2cc(OC)c(OC)c(OC)c2)C1)S(=O)(=O)O. The maximum Gasteiger partial charge on any atom is 0.268 e. The van der Waals surface area contributed by atoms with E-state index >= 15 is 0 Å². The number of ether oxygens (including phenoxy) is 3. The first kappa shape index (κ1) is 23.8. The Kier molecular flexibility index (Phi) is 6.94. The summed E-state index contributed by atoms with van der Waals surface area (Å²) in [7, 11) is 0.0358. The molecule has 32 heavy (non-hydrogen) atoms. The summed E-state index contributed by atoms with van der Waals surface area (Å²) in [4.78, 5) is 19.1. The summed E-state index contributed by atoms with van der Waals surface area (Å²) >= 11 is 0. The smallest absolute Gasteiger partial charge is 0.268 e. The van der Waals surface area contributed by atoms with Crippen LogP contribution in [0, 0.1) is 0 Å². The molecule has 9 nitrogen and oxygen atoms in total. The van der Waals surface area contributed by atoms with Gasteiger partial charge in [-0.05, 0) is 36.6 Å². The van der Waals surface area contributed by atoms with Gasteiger partial charge in [-0.15, -0.1) is 0 Å². The van der Waals surface area contributed by atoms with Crippen LogP contribution in [-0.4, -0.2) is 68.4 Å². The molecule has 10 heteroatoms. The van der Waals surface area contributed by atoms with Crippen LogP contribution in [0.1, 0.15) is 35.7 Å². The zero-order chi connectivity index (χ0) is 23.5. The molecule has 2 heterocycles. The van der Waals surface area contributed by atoms with Crippen molar-refractivity contribution >= 4 is 16.0 Å². The quantitative estimate of drug-likeness (QED) is 0.593. The Balaban J connectivity index is 2.03. The Labute approximate surface area is 188 Å². The summed E-state index contributed by atoms with van der Waals surface area (Å²) in [5.74, 6) is 0.755. The number of methoxy groups -OCH3 is 3. The lowest BCUT2D eigenvalue weighted by atomic mass is 9.76. The van der Waals surface area contributed by atoms with Crippen LogP contribution < -0.4 is 14.2 Å². The number of pyridine rings is 1. The molecule has 174 valence electrons. The van der Waals surface area contributed by atoms with Crippen LogP contribution >= 0.6 is 0 Å². The lowest BCUT2D eigenvalue weighted by Crippen LogP contribution is -2.47. The average molecular weight is 465 g/mol. The van der Waals surface area contributed by atoms with E-state index in [9.17, 15) is 17.8 Å². The van der Waals surface area contributed by atoms with Gasteiger partial charge in [0, 0.05) is 36.5 Å². The van der Waals surface area contributed by atoms with Crippen molar-refractivity contribution in [1.82, 2.24) is 9.88 Å². The summed E-state index contributed by atoms with van der Waals surface area (Å²) in [6.45, 7) is 2.14. The van der Waals surface area contributed by atoms with Crippen molar-refractivity contribution in [2.24, 2.45) is 0 Å². The maximum absolute atomic E-state index is 13.4. The number of hydrogen-bond donors (Lipinski definition) is 1. The zero-order valence-electron chi connectivity index (χ0n) is 18.6. The van der Waals surface area contributed by atoms with E-state index in [1.807, 2.05) is 0 Å². The Hall–Kier alpha value is -2.85. The number of amides is 1. The van der Waals surface area contributed by atoms with Gasteiger partial charge in [0.25, 0.3) is 16.0 Å². The monoisotopic (exact) mass is 464 g/mol. The van der Waals surface area contributed by atoms with E-state index in [-0.39, 0.29) is 18.9 Å². The highest BCUT2D eigenvalue weighted by Gasteiger charge is 2.51. The molecule has 1 aliphatic rings. The van der Waals surface area contributed by atoms with Gasteiger partial charge in [-0.1, -0.05) is 13.0 Å². The van der Waals surface area contributed by atoms with Gasteiger partial charge in [0.1, 0.15) is 0 Å². The summed E-state index contributed by atoms with van der Waals surface area (Å²) in [6, 6.07) is 6.63. The van der Waals surface area contributed by atoms with E-state index in [0.717, 1.165) is 0 Å². The van der Waals surface area contributed by atoms with Crippen LogP contribution in [0.5, 0.6) is 17.2 Å². The molecular formula is C22H28N2O7S. The van der Waals surface area contributed by atoms with Gasteiger partial charge >= 0.3 is 0 Å². The van der Waals surface area contributed by atoms with Crippen LogP contribution in [-0.2, 0) is 15.5 Å². The van der Waals surface area contributed by atoms with Crippen LogP contribution in [0.4, 0.5) is 0 Å². The van der Waals surface area contributed by atoms with Crippen molar-refractivity contribution in [3.8, 4) is 17.2 Å². The standard InChI is InChI=1S/C22H28N2O7S/c1-5-19(32(26,27)28)22(16-7-6-9-23-13-16)8-10-24(14-22)21(25)15-11-17(29-2)20(31-4)18(12-15)30-3/h6-7,9,11-13,19H,5,8,10,14H2,1-4H3,(H,26,27,28). The van der Waals surface area contributed by atoms with Gasteiger partial charge in [0.15, 0.2) is 11.5 Å². The molecule has 1 fully saturated rings. The number of rotatable bonds is 8. The van der Waals surface area contributed by atoms with Crippen molar-refractivity contribution in [2.75, 3.05) is 34.4 Å². The molecule has 0 spiro atoms. The minimum absolute atomic E-state index is 0.118. The van der Waals surface area contributed by atoms with Gasteiger partial charge in [0.2, 0.25) is 5.75 Å². The summed E-state index contributed by atoms with van der Waals surface area (Å²) in [5, 5.41) is -1.07. The van der Waals surface area contributed by atoms with E-state index in [4.69, 9.17) is 14.2 Å². The number of carbonyl (C=O) groups is 1. The van der Waals surface area contributed by atoms with Gasteiger partial charge < -0.3 is 19.1 Å². The minimum atomic E-state index is -4.37. The molecule has 1 amide bonds. The molecule has 2 aromatic rings. The normalized spacial score (nSPS) is 19.5. The van der Waals surface area contributed by atoms with Crippen LogP contribution in [0.25, 0.3) is 0 Å². The first-order valence-electron chi connectivity index (χ1n) is 10.2. The van der Waals surface area contributed by atoms with E-state index in [1.165, 1.54) is 21.3 Å². The molecule has 3 rings (SSSR count). The lowest BCUT2D eigenvalue weighted by molar-refractivity contribution is 0.0781. The highest BCUT2D eigenvalue weighted by Crippen LogP contribution is 2.43. The lowest BCUT2D eigenvalue weighted by Gasteiger charge is -2.35. The number of carbonyl (C=O) groups excluding carboxylic acids is 1. The molecule has 1 aliphatic heterocycles. The Morgan fingerprint density at radius 3 is 2.34 bits per heavy atom. The van der Waals surface area contributed by atoms with Gasteiger partial charge in [-0.2, -0.15) is 8.42 Å². The average Bonchev–Trinajstić information content (AvgIpc) is 3.23. The van der Waals surface area contributed by atoms with Crippen molar-refractivity contribution in [3.05, 3.63) is 47.8 Å². The Morgan fingerprint density at radius 1 is 1.22 bits per heavy atom. The minimum Gasteiger partial charge on any atom is -0.493 e. The zero-order valence-corrected chi connectivity index (χ0v) is 19.4. The van der Waals surface area contributed by atoms with E-state index in [0.29, 0.717) is 41.3 Å². The molecule has 2 unspecified atom stereocenters. The molecule has 0 bridgehead atoms. The van der Waals surface area contributed by atoms with Crippen LogP contribution in [0.2, 0.25) is 0 Å². The summed E-state index contributed by atoms with van der Waals surface area (Å²) in [6.07, 6.45) is 3.76.